The van der Waals surface area contributed by atoms with E-state index < -0.39 is 0 Å². The predicted molar refractivity (Wildman–Crippen MR) is 66.0 cm³/mol. The molecule has 0 bridgehead atoms. The zero-order valence-electron chi connectivity index (χ0n) is 9.79. The molecule has 0 fully saturated rings. The third-order valence-electron chi connectivity index (χ3n) is 2.37. The first-order valence-electron chi connectivity index (χ1n) is 5.08. The Labute approximate surface area is 91.1 Å². The second-order valence-corrected chi connectivity index (χ2v) is 5.53. The van der Waals surface area contributed by atoms with Gasteiger partial charge in [-0.2, -0.15) is 0 Å². The van der Waals surface area contributed by atoms with Crippen molar-refractivity contribution in [2.45, 2.75) is 19.4 Å². The van der Waals surface area contributed by atoms with Crippen LogP contribution in [0.5, 0.6) is 0 Å². The minimum Gasteiger partial charge on any atom is -0.312 e. The van der Waals surface area contributed by atoms with Gasteiger partial charge in [0.2, 0.25) is 0 Å². The highest BCUT2D eigenvalue weighted by Crippen LogP contribution is 2.32. The number of hydrogen-bond acceptors (Lipinski definition) is 2. The lowest BCUT2D eigenvalue weighted by atomic mass is 10.2. The SMILES string of the molecule is CCC(NC)c1ccc([N+](C)(C)C)s1. The molecular weight excluding hydrogens is 192 g/mol. The smallest absolute Gasteiger partial charge is 0.187 e. The number of nitrogens with one attached hydrogen (secondary N) is 1. The molecule has 0 saturated heterocycles. The Kier molecular flexibility index (Phi) is 3.70. The zero-order chi connectivity index (χ0) is 10.8. The van der Waals surface area contributed by atoms with Gasteiger partial charge in [-0.15, -0.1) is 0 Å². The van der Waals surface area contributed by atoms with Crippen LogP contribution < -0.4 is 9.80 Å². The van der Waals surface area contributed by atoms with Crippen LogP contribution in [0.1, 0.15) is 24.3 Å². The molecule has 0 aromatic carbocycles. The van der Waals surface area contributed by atoms with Gasteiger partial charge in [-0.3, -0.25) is 4.48 Å². The maximum atomic E-state index is 3.34. The van der Waals surface area contributed by atoms with Crippen LogP contribution in [-0.4, -0.2) is 28.2 Å². The summed E-state index contributed by atoms with van der Waals surface area (Å²) in [7, 11) is 8.64. The first-order valence-corrected chi connectivity index (χ1v) is 5.89. The highest BCUT2D eigenvalue weighted by atomic mass is 32.1. The van der Waals surface area contributed by atoms with E-state index in [1.807, 2.05) is 18.4 Å². The number of quaternary nitrogens is 1. The van der Waals surface area contributed by atoms with Crippen molar-refractivity contribution >= 4 is 16.3 Å². The van der Waals surface area contributed by atoms with Crippen LogP contribution in [0.2, 0.25) is 0 Å². The van der Waals surface area contributed by atoms with E-state index in [1.165, 1.54) is 9.88 Å². The lowest BCUT2D eigenvalue weighted by Gasteiger charge is -2.20. The van der Waals surface area contributed by atoms with Crippen LogP contribution in [0.15, 0.2) is 12.1 Å². The van der Waals surface area contributed by atoms with E-state index in [-0.39, 0.29) is 0 Å². The summed E-state index contributed by atoms with van der Waals surface area (Å²) in [5.41, 5.74) is 0. The van der Waals surface area contributed by atoms with Crippen molar-refractivity contribution in [1.29, 1.82) is 0 Å². The van der Waals surface area contributed by atoms with E-state index in [0.717, 1.165) is 10.9 Å². The molecule has 0 amide bonds. The van der Waals surface area contributed by atoms with Gasteiger partial charge < -0.3 is 5.32 Å². The normalized spacial score (nSPS) is 14.4. The van der Waals surface area contributed by atoms with Crippen molar-refractivity contribution in [3.8, 4) is 0 Å². The van der Waals surface area contributed by atoms with Crippen molar-refractivity contribution in [2.75, 3.05) is 28.2 Å². The number of rotatable bonds is 4. The Morgan fingerprint density at radius 3 is 2.36 bits per heavy atom. The fourth-order valence-corrected chi connectivity index (χ4v) is 2.65. The summed E-state index contributed by atoms with van der Waals surface area (Å²) in [5, 5.41) is 4.75. The molecule has 0 spiro atoms. The van der Waals surface area contributed by atoms with Crippen molar-refractivity contribution < 1.29 is 0 Å². The molecule has 1 unspecified atom stereocenters. The number of hydrogen-bond donors (Lipinski definition) is 1. The maximum Gasteiger partial charge on any atom is 0.187 e. The Morgan fingerprint density at radius 1 is 1.36 bits per heavy atom. The Morgan fingerprint density at radius 2 is 2.00 bits per heavy atom. The van der Waals surface area contributed by atoms with E-state index in [0.29, 0.717) is 6.04 Å². The van der Waals surface area contributed by atoms with Gasteiger partial charge >= 0.3 is 0 Å². The molecule has 14 heavy (non-hydrogen) atoms. The molecule has 0 aliphatic rings. The quantitative estimate of drug-likeness (QED) is 0.758. The minimum atomic E-state index is 0.514. The molecule has 3 heteroatoms. The van der Waals surface area contributed by atoms with Gasteiger partial charge in [0.1, 0.15) is 0 Å². The van der Waals surface area contributed by atoms with Crippen LogP contribution in [0.4, 0.5) is 5.00 Å². The molecule has 80 valence electrons. The maximum absolute atomic E-state index is 3.34. The summed E-state index contributed by atoms with van der Waals surface area (Å²) >= 11 is 1.91. The first-order chi connectivity index (χ1) is 6.49. The van der Waals surface area contributed by atoms with Gasteiger partial charge in [0.05, 0.1) is 21.1 Å². The van der Waals surface area contributed by atoms with Crippen LogP contribution in [0.3, 0.4) is 0 Å². The molecule has 0 aliphatic carbocycles. The third kappa shape index (κ3) is 2.56. The van der Waals surface area contributed by atoms with Gasteiger partial charge in [0.15, 0.2) is 5.00 Å². The van der Waals surface area contributed by atoms with Crippen LogP contribution in [0.25, 0.3) is 0 Å². The largest absolute Gasteiger partial charge is 0.312 e. The molecule has 1 atom stereocenters. The second-order valence-electron chi connectivity index (χ2n) is 4.44. The average molecular weight is 213 g/mol. The van der Waals surface area contributed by atoms with Crippen LogP contribution >= 0.6 is 11.3 Å². The standard InChI is InChI=1S/C11H21N2S/c1-6-9(12-2)10-7-8-11(14-10)13(3,4)5/h7-9,12H,6H2,1-5H3/q+1. The van der Waals surface area contributed by atoms with Gasteiger partial charge in [-0.25, -0.2) is 0 Å². The summed E-state index contributed by atoms with van der Waals surface area (Å²) in [5.74, 6) is 0. The first kappa shape index (κ1) is 11.7. The van der Waals surface area contributed by atoms with E-state index in [9.17, 15) is 0 Å². The molecule has 2 nitrogen and oxygen atoms in total. The summed E-state index contributed by atoms with van der Waals surface area (Å²) in [6.45, 7) is 2.21. The Bertz CT molecular complexity index is 282. The lowest BCUT2D eigenvalue weighted by molar-refractivity contribution is 0.495. The van der Waals surface area contributed by atoms with Crippen LogP contribution in [-0.2, 0) is 0 Å². The molecule has 1 N–H and O–H groups in total. The van der Waals surface area contributed by atoms with Crippen LogP contribution in [0, 0.1) is 0 Å². The van der Waals surface area contributed by atoms with Gasteiger partial charge in [0.25, 0.3) is 0 Å². The second kappa shape index (κ2) is 4.43. The molecule has 1 aromatic heterocycles. The average Bonchev–Trinajstić information content (AvgIpc) is 2.54. The monoisotopic (exact) mass is 213 g/mol. The van der Waals surface area contributed by atoms with Crippen molar-refractivity contribution in [3.05, 3.63) is 17.0 Å². The molecular formula is C11H21N2S+. The minimum absolute atomic E-state index is 0.514. The highest BCUT2D eigenvalue weighted by molar-refractivity contribution is 7.15. The molecule has 0 saturated carbocycles. The summed E-state index contributed by atoms with van der Waals surface area (Å²) < 4.78 is 0.908. The molecule has 1 heterocycles. The van der Waals surface area contributed by atoms with Gasteiger partial charge in [0, 0.05) is 17.0 Å². The van der Waals surface area contributed by atoms with E-state index in [4.69, 9.17) is 0 Å². The molecule has 0 radical (unpaired) electrons. The van der Waals surface area contributed by atoms with E-state index in [1.54, 1.807) is 0 Å². The fourth-order valence-electron chi connectivity index (χ4n) is 1.44. The molecule has 1 aromatic rings. The van der Waals surface area contributed by atoms with Crippen molar-refractivity contribution in [3.63, 3.8) is 0 Å². The van der Waals surface area contributed by atoms with Gasteiger partial charge in [-0.1, -0.05) is 18.3 Å². The summed E-state index contributed by atoms with van der Waals surface area (Å²) in [6, 6.07) is 4.99. The van der Waals surface area contributed by atoms with E-state index >= 15 is 0 Å². The Balaban J connectivity index is 2.87. The molecule has 1 rings (SSSR count). The molecule has 0 aliphatic heterocycles. The number of thiophene rings is 1. The Hall–Kier alpha value is -0.380. The van der Waals surface area contributed by atoms with Crippen molar-refractivity contribution in [2.24, 2.45) is 0 Å². The van der Waals surface area contributed by atoms with Gasteiger partial charge in [-0.05, 0) is 19.5 Å². The highest BCUT2D eigenvalue weighted by Gasteiger charge is 2.17. The summed E-state index contributed by atoms with van der Waals surface area (Å²) in [6.07, 6.45) is 1.15. The zero-order valence-corrected chi connectivity index (χ0v) is 10.6. The fraction of sp³-hybridized carbons (Fsp3) is 0.636. The lowest BCUT2D eigenvalue weighted by Crippen LogP contribution is -2.33. The topological polar surface area (TPSA) is 12.0 Å². The van der Waals surface area contributed by atoms with E-state index in [2.05, 4.69) is 45.5 Å². The van der Waals surface area contributed by atoms with Crippen molar-refractivity contribution in [1.82, 2.24) is 9.80 Å². The summed E-state index contributed by atoms with van der Waals surface area (Å²) in [4.78, 5) is 1.44. The predicted octanol–water partition coefficient (Wildman–Crippen LogP) is 2.62. The third-order valence-corrected chi connectivity index (χ3v) is 3.92. The number of nitrogens with zero attached hydrogens (tertiary/aromatic N) is 1.